The van der Waals surface area contributed by atoms with Gasteiger partial charge in [0.1, 0.15) is 0 Å². The number of hydrogen-bond acceptors (Lipinski definition) is 4. The van der Waals surface area contributed by atoms with Crippen molar-refractivity contribution < 1.29 is 13.2 Å². The number of sulfonamides is 1. The Morgan fingerprint density at radius 1 is 1.50 bits per heavy atom. The zero-order chi connectivity index (χ0) is 11.2. The summed E-state index contributed by atoms with van der Waals surface area (Å²) in [5, 5.41) is 7.19. The molecule has 14 heavy (non-hydrogen) atoms. The molecule has 0 aromatic carbocycles. The van der Waals surface area contributed by atoms with Crippen LogP contribution in [-0.2, 0) is 14.8 Å². The van der Waals surface area contributed by atoms with Crippen LogP contribution in [0.4, 0.5) is 0 Å². The molecule has 0 aliphatic rings. The molecular weight excluding hydrogens is 206 g/mol. The second-order valence-corrected chi connectivity index (χ2v) is 4.97. The third-order valence-corrected chi connectivity index (χ3v) is 2.31. The van der Waals surface area contributed by atoms with Gasteiger partial charge in [-0.15, -0.1) is 0 Å². The van der Waals surface area contributed by atoms with E-state index in [1.54, 1.807) is 6.92 Å². The molecule has 5 N–H and O–H groups in total. The first kappa shape index (κ1) is 13.3. The van der Waals surface area contributed by atoms with Gasteiger partial charge in [-0.1, -0.05) is 0 Å². The number of nitrogens with one attached hydrogen (secondary N) is 1. The number of carbonyl (C=O) groups is 1. The Hall–Kier alpha value is -0.660. The van der Waals surface area contributed by atoms with Crippen LogP contribution in [-0.4, -0.2) is 32.7 Å². The molecule has 0 fully saturated rings. The minimum atomic E-state index is -3.49. The van der Waals surface area contributed by atoms with Gasteiger partial charge in [0.2, 0.25) is 15.9 Å². The van der Waals surface area contributed by atoms with Gasteiger partial charge in [0, 0.05) is 19.0 Å². The molecule has 7 heteroatoms. The van der Waals surface area contributed by atoms with Crippen molar-refractivity contribution in [2.75, 3.05) is 12.3 Å². The maximum Gasteiger partial charge on any atom is 0.220 e. The summed E-state index contributed by atoms with van der Waals surface area (Å²) in [4.78, 5) is 11.0. The lowest BCUT2D eigenvalue weighted by molar-refractivity contribution is -0.121. The van der Waals surface area contributed by atoms with E-state index in [0.717, 1.165) is 0 Å². The molecule has 0 aliphatic heterocycles. The zero-order valence-corrected chi connectivity index (χ0v) is 9.01. The number of carbonyl (C=O) groups excluding carboxylic acids is 1. The maximum absolute atomic E-state index is 11.0. The van der Waals surface area contributed by atoms with Gasteiger partial charge in [-0.05, 0) is 13.3 Å². The van der Waals surface area contributed by atoms with Crippen molar-refractivity contribution in [2.24, 2.45) is 10.9 Å². The molecule has 0 radical (unpaired) electrons. The number of hydrogen-bond donors (Lipinski definition) is 3. The molecule has 1 atom stereocenters. The highest BCUT2D eigenvalue weighted by Gasteiger charge is 2.05. The largest absolute Gasteiger partial charge is 0.355 e. The number of amides is 1. The van der Waals surface area contributed by atoms with Crippen molar-refractivity contribution in [2.45, 2.75) is 25.8 Å². The van der Waals surface area contributed by atoms with E-state index in [0.29, 0.717) is 12.8 Å². The summed E-state index contributed by atoms with van der Waals surface area (Å²) in [5.41, 5.74) is 5.44. The number of rotatable bonds is 6. The summed E-state index contributed by atoms with van der Waals surface area (Å²) < 4.78 is 21.0. The summed E-state index contributed by atoms with van der Waals surface area (Å²) in [6.45, 7) is 1.86. The molecule has 0 aromatic heterocycles. The quantitative estimate of drug-likeness (QED) is 0.509. The summed E-state index contributed by atoms with van der Waals surface area (Å²) in [6.07, 6.45) is 0.892. The summed E-state index contributed by atoms with van der Waals surface area (Å²) in [6, 6.07) is -0.0287. The van der Waals surface area contributed by atoms with Crippen molar-refractivity contribution in [1.82, 2.24) is 5.32 Å². The van der Waals surface area contributed by atoms with E-state index in [2.05, 4.69) is 5.32 Å². The van der Waals surface area contributed by atoms with Crippen molar-refractivity contribution in [3.8, 4) is 0 Å². The van der Waals surface area contributed by atoms with Crippen molar-refractivity contribution in [1.29, 1.82) is 0 Å². The van der Waals surface area contributed by atoms with Gasteiger partial charge in [0.25, 0.3) is 0 Å². The van der Waals surface area contributed by atoms with Crippen LogP contribution < -0.4 is 16.2 Å². The Kier molecular flexibility index (Phi) is 5.66. The lowest BCUT2D eigenvalue weighted by atomic mass is 10.2. The van der Waals surface area contributed by atoms with Crippen LogP contribution in [0.5, 0.6) is 0 Å². The third-order valence-electron chi connectivity index (χ3n) is 1.54. The fraction of sp³-hybridized carbons (Fsp3) is 0.857. The Bertz CT molecular complexity index is 274. The first-order valence-corrected chi connectivity index (χ1v) is 6.05. The van der Waals surface area contributed by atoms with Crippen LogP contribution in [0.3, 0.4) is 0 Å². The highest BCUT2D eigenvalue weighted by atomic mass is 32.2. The Morgan fingerprint density at radius 3 is 2.50 bits per heavy atom. The van der Waals surface area contributed by atoms with Crippen LogP contribution in [0.15, 0.2) is 0 Å². The molecule has 0 saturated carbocycles. The number of nitrogens with two attached hydrogens (primary N) is 2. The fourth-order valence-electron chi connectivity index (χ4n) is 0.780. The van der Waals surface area contributed by atoms with Crippen LogP contribution in [0.25, 0.3) is 0 Å². The molecule has 1 unspecified atom stereocenters. The van der Waals surface area contributed by atoms with Crippen LogP contribution in [0.1, 0.15) is 19.8 Å². The van der Waals surface area contributed by atoms with E-state index >= 15 is 0 Å². The minimum absolute atomic E-state index is 0.0287. The van der Waals surface area contributed by atoms with Crippen LogP contribution in [0, 0.1) is 0 Å². The molecule has 84 valence electrons. The van der Waals surface area contributed by atoms with Gasteiger partial charge in [0.05, 0.1) is 5.75 Å². The first-order chi connectivity index (χ1) is 6.31. The standard InChI is InChI=1S/C7H17N3O3S/c1-6(8)2-3-7(11)10-4-5-14(9,12)13/h6H,2-5,8H2,1H3,(H,10,11)(H2,9,12,13). The monoisotopic (exact) mass is 223 g/mol. The van der Waals surface area contributed by atoms with Crippen molar-refractivity contribution >= 4 is 15.9 Å². The lowest BCUT2D eigenvalue weighted by Crippen LogP contribution is -2.32. The van der Waals surface area contributed by atoms with Crippen molar-refractivity contribution in [3.63, 3.8) is 0 Å². The van der Waals surface area contributed by atoms with Crippen molar-refractivity contribution in [3.05, 3.63) is 0 Å². The normalized spacial score (nSPS) is 13.6. The molecule has 0 aliphatic carbocycles. The van der Waals surface area contributed by atoms with Gasteiger partial charge >= 0.3 is 0 Å². The fourth-order valence-corrected chi connectivity index (χ4v) is 1.17. The van der Waals surface area contributed by atoms with E-state index < -0.39 is 10.0 Å². The second-order valence-electron chi connectivity index (χ2n) is 3.23. The van der Waals surface area contributed by atoms with Crippen LogP contribution in [0.2, 0.25) is 0 Å². The highest BCUT2D eigenvalue weighted by molar-refractivity contribution is 7.89. The zero-order valence-electron chi connectivity index (χ0n) is 8.19. The Balaban J connectivity index is 3.55. The van der Waals surface area contributed by atoms with E-state index in [1.807, 2.05) is 0 Å². The predicted molar refractivity (Wildman–Crippen MR) is 53.9 cm³/mol. The highest BCUT2D eigenvalue weighted by Crippen LogP contribution is 1.92. The van der Waals surface area contributed by atoms with Gasteiger partial charge < -0.3 is 11.1 Å². The topological polar surface area (TPSA) is 115 Å². The molecule has 6 nitrogen and oxygen atoms in total. The minimum Gasteiger partial charge on any atom is -0.355 e. The van der Waals surface area contributed by atoms with E-state index in [-0.39, 0.29) is 24.2 Å². The predicted octanol–water partition coefficient (Wildman–Crippen LogP) is -1.48. The molecule has 0 saturated heterocycles. The van der Waals surface area contributed by atoms with Gasteiger partial charge in [-0.25, -0.2) is 13.6 Å². The summed E-state index contributed by atoms with van der Waals surface area (Å²) in [5.74, 6) is -0.442. The van der Waals surface area contributed by atoms with E-state index in [9.17, 15) is 13.2 Å². The smallest absolute Gasteiger partial charge is 0.220 e. The Labute approximate surface area is 84.1 Å². The van der Waals surface area contributed by atoms with E-state index in [4.69, 9.17) is 10.9 Å². The second kappa shape index (κ2) is 5.94. The summed E-state index contributed by atoms with van der Waals surface area (Å²) >= 11 is 0. The molecule has 0 bridgehead atoms. The third kappa shape index (κ3) is 9.43. The first-order valence-electron chi connectivity index (χ1n) is 4.34. The number of primary sulfonamides is 1. The molecule has 0 heterocycles. The molecule has 0 spiro atoms. The maximum atomic E-state index is 11.0. The average Bonchev–Trinajstić information content (AvgIpc) is 1.98. The molecule has 0 aromatic rings. The van der Waals surface area contributed by atoms with E-state index in [1.165, 1.54) is 0 Å². The SMILES string of the molecule is CC(N)CCC(=O)NCCS(N)(=O)=O. The van der Waals surface area contributed by atoms with Gasteiger partial charge in [-0.3, -0.25) is 4.79 Å². The summed E-state index contributed by atoms with van der Waals surface area (Å²) in [7, 11) is -3.49. The lowest BCUT2D eigenvalue weighted by Gasteiger charge is -2.05. The molecular formula is C7H17N3O3S. The van der Waals surface area contributed by atoms with Crippen LogP contribution >= 0.6 is 0 Å². The Morgan fingerprint density at radius 2 is 2.07 bits per heavy atom. The molecule has 1 amide bonds. The van der Waals surface area contributed by atoms with Gasteiger partial charge in [0.15, 0.2) is 0 Å². The van der Waals surface area contributed by atoms with Gasteiger partial charge in [-0.2, -0.15) is 0 Å². The average molecular weight is 223 g/mol. The molecule has 0 rings (SSSR count).